The molecule has 4 rings (SSSR count). The molecule has 6 nitrogen and oxygen atoms in total. The first-order valence-electron chi connectivity index (χ1n) is 11.5. The van der Waals surface area contributed by atoms with Crippen LogP contribution in [-0.2, 0) is 12.8 Å². The van der Waals surface area contributed by atoms with Gasteiger partial charge in [0.25, 0.3) is 5.91 Å². The van der Waals surface area contributed by atoms with E-state index in [1.54, 1.807) is 0 Å². The molecule has 1 fully saturated rings. The van der Waals surface area contributed by atoms with Gasteiger partial charge >= 0.3 is 0 Å². The molecule has 0 bridgehead atoms. The minimum absolute atomic E-state index is 0.184. The fourth-order valence-electron chi connectivity index (χ4n) is 4.71. The number of nitrogens with zero attached hydrogens (tertiary/aromatic N) is 3. The van der Waals surface area contributed by atoms with Crippen molar-refractivity contribution in [1.82, 2.24) is 15.3 Å². The first kappa shape index (κ1) is 22.8. The first-order chi connectivity index (χ1) is 15.4. The zero-order chi connectivity index (χ0) is 22.7. The van der Waals surface area contributed by atoms with Crippen molar-refractivity contribution in [3.05, 3.63) is 45.9 Å². The van der Waals surface area contributed by atoms with Crippen LogP contribution in [0.25, 0.3) is 0 Å². The molecule has 1 aromatic carbocycles. The number of hydrogen-bond acceptors (Lipinski definition) is 5. The average Bonchev–Trinajstić information content (AvgIpc) is 2.79. The molecule has 2 aliphatic rings. The molecule has 32 heavy (non-hydrogen) atoms. The standard InChI is InChI=1S/C24H31ClFN5O/c1-31(2)22-18-5-3-4-6-21(18)29-24(30-22)28-17-10-7-15(8-11-17)14-27-23(32)19-13-16(26)9-12-20(19)25/h9,12-13,15,17H,3-8,10-11,14H2,1-2H3,(H,27,32)(H,28,29,30). The van der Waals surface area contributed by atoms with Gasteiger partial charge in [0, 0.05) is 32.2 Å². The third kappa shape index (κ3) is 5.31. The van der Waals surface area contributed by atoms with E-state index in [9.17, 15) is 9.18 Å². The molecule has 2 aromatic rings. The SMILES string of the molecule is CN(C)c1nc(NC2CCC(CNC(=O)c3cc(F)ccc3Cl)CC2)nc2c1CCCC2. The van der Waals surface area contributed by atoms with Gasteiger partial charge in [-0.2, -0.15) is 4.98 Å². The van der Waals surface area contributed by atoms with Gasteiger partial charge in [-0.05, 0) is 75.5 Å². The van der Waals surface area contributed by atoms with Crippen molar-refractivity contribution in [2.75, 3.05) is 30.9 Å². The monoisotopic (exact) mass is 459 g/mol. The van der Waals surface area contributed by atoms with Crippen molar-refractivity contribution in [3.8, 4) is 0 Å². The number of nitrogens with one attached hydrogen (secondary N) is 2. The van der Waals surface area contributed by atoms with Gasteiger partial charge in [-0.15, -0.1) is 0 Å². The molecule has 1 heterocycles. The maximum absolute atomic E-state index is 13.4. The molecular formula is C24H31ClFN5O. The first-order valence-corrected chi connectivity index (χ1v) is 11.9. The molecule has 1 aromatic heterocycles. The number of carbonyl (C=O) groups is 1. The lowest BCUT2D eigenvalue weighted by atomic mass is 9.86. The predicted octanol–water partition coefficient (Wildman–Crippen LogP) is 4.61. The van der Waals surface area contributed by atoms with Gasteiger partial charge in [0.1, 0.15) is 11.6 Å². The number of hydrogen-bond donors (Lipinski definition) is 2. The zero-order valence-electron chi connectivity index (χ0n) is 18.8. The highest BCUT2D eigenvalue weighted by atomic mass is 35.5. The Kier molecular flexibility index (Phi) is 7.13. The summed E-state index contributed by atoms with van der Waals surface area (Å²) in [5.41, 5.74) is 2.66. The number of anilines is 2. The summed E-state index contributed by atoms with van der Waals surface area (Å²) < 4.78 is 13.4. The summed E-state index contributed by atoms with van der Waals surface area (Å²) in [5.74, 6) is 1.36. The molecule has 1 amide bonds. The molecule has 0 unspecified atom stereocenters. The van der Waals surface area contributed by atoms with Crippen molar-refractivity contribution >= 4 is 29.3 Å². The van der Waals surface area contributed by atoms with Crippen molar-refractivity contribution in [2.45, 2.75) is 57.4 Å². The third-order valence-corrected chi connectivity index (χ3v) is 6.82. The fourth-order valence-corrected chi connectivity index (χ4v) is 4.91. The van der Waals surface area contributed by atoms with Gasteiger partial charge in [0.2, 0.25) is 5.95 Å². The summed E-state index contributed by atoms with van der Waals surface area (Å²) >= 11 is 6.03. The van der Waals surface area contributed by atoms with E-state index < -0.39 is 5.82 Å². The summed E-state index contributed by atoms with van der Waals surface area (Å²) in [6.07, 6.45) is 8.47. The molecule has 2 aliphatic carbocycles. The molecule has 0 aliphatic heterocycles. The van der Waals surface area contributed by atoms with Crippen molar-refractivity contribution in [3.63, 3.8) is 0 Å². The lowest BCUT2D eigenvalue weighted by molar-refractivity contribution is 0.0943. The Morgan fingerprint density at radius 2 is 1.91 bits per heavy atom. The smallest absolute Gasteiger partial charge is 0.252 e. The number of benzene rings is 1. The number of halogens is 2. The number of carbonyl (C=O) groups excluding carboxylic acids is 1. The van der Waals surface area contributed by atoms with E-state index in [-0.39, 0.29) is 16.5 Å². The Balaban J connectivity index is 1.30. The minimum Gasteiger partial charge on any atom is -0.362 e. The Bertz CT molecular complexity index is 975. The lowest BCUT2D eigenvalue weighted by Crippen LogP contribution is -2.34. The molecule has 1 saturated carbocycles. The summed E-state index contributed by atoms with van der Waals surface area (Å²) in [6, 6.07) is 4.17. The maximum atomic E-state index is 13.4. The summed E-state index contributed by atoms with van der Waals surface area (Å²) in [7, 11) is 4.08. The number of rotatable bonds is 6. The Labute approximate surface area is 194 Å². The van der Waals surface area contributed by atoms with E-state index in [2.05, 4.69) is 15.5 Å². The van der Waals surface area contributed by atoms with Gasteiger partial charge in [-0.25, -0.2) is 9.37 Å². The molecule has 0 atom stereocenters. The fraction of sp³-hybridized carbons (Fsp3) is 0.542. The number of fused-ring (bicyclic) bond motifs is 1. The highest BCUT2D eigenvalue weighted by Gasteiger charge is 2.24. The highest BCUT2D eigenvalue weighted by molar-refractivity contribution is 6.33. The summed E-state index contributed by atoms with van der Waals surface area (Å²) in [4.78, 5) is 24.1. The van der Waals surface area contributed by atoms with Crippen molar-refractivity contribution < 1.29 is 9.18 Å². The van der Waals surface area contributed by atoms with Crippen LogP contribution in [0.2, 0.25) is 5.02 Å². The van der Waals surface area contributed by atoms with Crippen LogP contribution < -0.4 is 15.5 Å². The second-order valence-corrected chi connectivity index (χ2v) is 9.50. The zero-order valence-corrected chi connectivity index (χ0v) is 19.5. The van der Waals surface area contributed by atoms with E-state index in [0.717, 1.165) is 50.3 Å². The van der Waals surface area contributed by atoms with Crippen LogP contribution in [0.3, 0.4) is 0 Å². The molecule has 0 saturated heterocycles. The largest absolute Gasteiger partial charge is 0.362 e. The van der Waals surface area contributed by atoms with Crippen LogP contribution in [0.5, 0.6) is 0 Å². The van der Waals surface area contributed by atoms with Crippen LogP contribution in [0.4, 0.5) is 16.2 Å². The van der Waals surface area contributed by atoms with Gasteiger partial charge < -0.3 is 15.5 Å². The van der Waals surface area contributed by atoms with E-state index in [4.69, 9.17) is 21.6 Å². The number of amides is 1. The van der Waals surface area contributed by atoms with E-state index in [1.165, 1.54) is 42.3 Å². The van der Waals surface area contributed by atoms with Crippen molar-refractivity contribution in [1.29, 1.82) is 0 Å². The van der Waals surface area contributed by atoms with Crippen LogP contribution in [0, 0.1) is 11.7 Å². The topological polar surface area (TPSA) is 70.2 Å². The Hall–Kier alpha value is -2.41. The number of aromatic nitrogens is 2. The van der Waals surface area contributed by atoms with Gasteiger partial charge in [0.05, 0.1) is 16.3 Å². The Morgan fingerprint density at radius 1 is 1.16 bits per heavy atom. The van der Waals surface area contributed by atoms with Crippen LogP contribution in [0.15, 0.2) is 18.2 Å². The second kappa shape index (κ2) is 10.0. The van der Waals surface area contributed by atoms with Gasteiger partial charge in [-0.3, -0.25) is 4.79 Å². The minimum atomic E-state index is -0.465. The predicted molar refractivity (Wildman–Crippen MR) is 126 cm³/mol. The second-order valence-electron chi connectivity index (χ2n) is 9.09. The van der Waals surface area contributed by atoms with Gasteiger partial charge in [-0.1, -0.05) is 11.6 Å². The third-order valence-electron chi connectivity index (χ3n) is 6.49. The van der Waals surface area contributed by atoms with Crippen LogP contribution in [0.1, 0.15) is 60.1 Å². The van der Waals surface area contributed by atoms with Gasteiger partial charge in [0.15, 0.2) is 0 Å². The molecular weight excluding hydrogens is 429 g/mol. The Morgan fingerprint density at radius 3 is 2.66 bits per heavy atom. The molecule has 0 spiro atoms. The van der Waals surface area contributed by atoms with E-state index in [0.29, 0.717) is 18.5 Å². The molecule has 2 N–H and O–H groups in total. The summed E-state index contributed by atoms with van der Waals surface area (Å²) in [5, 5.41) is 6.73. The molecule has 8 heteroatoms. The quantitative estimate of drug-likeness (QED) is 0.659. The van der Waals surface area contributed by atoms with E-state index >= 15 is 0 Å². The normalized spacial score (nSPS) is 20.4. The van der Waals surface area contributed by atoms with E-state index in [1.807, 2.05) is 14.1 Å². The van der Waals surface area contributed by atoms with Crippen LogP contribution >= 0.6 is 11.6 Å². The van der Waals surface area contributed by atoms with Crippen LogP contribution in [-0.4, -0.2) is 42.6 Å². The molecule has 172 valence electrons. The highest BCUT2D eigenvalue weighted by Crippen LogP contribution is 2.30. The average molecular weight is 460 g/mol. The maximum Gasteiger partial charge on any atom is 0.252 e. The lowest BCUT2D eigenvalue weighted by Gasteiger charge is -2.30. The molecule has 0 radical (unpaired) electrons. The number of aryl methyl sites for hydroxylation is 1. The van der Waals surface area contributed by atoms with Crippen molar-refractivity contribution in [2.24, 2.45) is 5.92 Å². The summed E-state index contributed by atoms with van der Waals surface area (Å²) in [6.45, 7) is 0.568.